The molecule has 174 valence electrons. The second-order valence-corrected chi connectivity index (χ2v) is 8.45. The molecule has 7 nitrogen and oxygen atoms in total. The van der Waals surface area contributed by atoms with Crippen molar-refractivity contribution in [2.75, 3.05) is 26.8 Å². The monoisotopic (exact) mass is 476 g/mol. The molecule has 1 heterocycles. The van der Waals surface area contributed by atoms with Crippen LogP contribution in [0.2, 0.25) is 0 Å². The minimum atomic E-state index is -0.387. The second-order valence-electron chi connectivity index (χ2n) is 7.46. The molecule has 1 aliphatic rings. The molecular formula is C26H24N2O5S. The van der Waals surface area contributed by atoms with Crippen LogP contribution < -0.4 is 14.8 Å². The molecule has 0 aromatic heterocycles. The fraction of sp³-hybridized carbons (Fsp3) is 0.192. The second kappa shape index (κ2) is 10.4. The molecule has 3 aromatic rings. The molecule has 34 heavy (non-hydrogen) atoms. The number of amides is 3. The van der Waals surface area contributed by atoms with Gasteiger partial charge in [-0.2, -0.15) is 0 Å². The van der Waals surface area contributed by atoms with E-state index in [-0.39, 0.29) is 30.1 Å². The summed E-state index contributed by atoms with van der Waals surface area (Å²) < 4.78 is 10.9. The number of nitrogens with one attached hydrogen (secondary N) is 1. The molecule has 0 unspecified atom stereocenters. The minimum absolute atomic E-state index is 0.0884. The first-order valence-corrected chi connectivity index (χ1v) is 11.7. The Morgan fingerprint density at radius 3 is 2.65 bits per heavy atom. The zero-order valence-corrected chi connectivity index (χ0v) is 19.7. The summed E-state index contributed by atoms with van der Waals surface area (Å²) >= 11 is 0.875. The number of nitrogens with zero attached hydrogens (tertiary/aromatic N) is 1. The Labute approximate surface area is 201 Å². The molecule has 4 rings (SSSR count). The van der Waals surface area contributed by atoms with Crippen LogP contribution in [0.15, 0.2) is 65.6 Å². The summed E-state index contributed by atoms with van der Waals surface area (Å²) in [4.78, 5) is 39.4. The average molecular weight is 477 g/mol. The lowest BCUT2D eigenvalue weighted by Gasteiger charge is -2.13. The molecule has 0 bridgehead atoms. The van der Waals surface area contributed by atoms with E-state index in [4.69, 9.17) is 9.47 Å². The van der Waals surface area contributed by atoms with Gasteiger partial charge in [0, 0.05) is 18.7 Å². The van der Waals surface area contributed by atoms with Gasteiger partial charge < -0.3 is 14.8 Å². The Balaban J connectivity index is 1.41. The van der Waals surface area contributed by atoms with Gasteiger partial charge in [0.1, 0.15) is 0 Å². The van der Waals surface area contributed by atoms with Gasteiger partial charge >= 0.3 is 0 Å². The number of carbonyl (C=O) groups excluding carboxylic acids is 3. The van der Waals surface area contributed by atoms with Gasteiger partial charge in [-0.1, -0.05) is 42.5 Å². The lowest BCUT2D eigenvalue weighted by atomic mass is 10.0. The number of fused-ring (bicyclic) bond motifs is 1. The summed E-state index contributed by atoms with van der Waals surface area (Å²) in [5.74, 6) is 0.520. The Bertz CT molecular complexity index is 1280. The number of carbonyl (C=O) groups is 3. The van der Waals surface area contributed by atoms with Gasteiger partial charge in [0.2, 0.25) is 0 Å². The van der Waals surface area contributed by atoms with E-state index in [9.17, 15) is 14.4 Å². The van der Waals surface area contributed by atoms with Gasteiger partial charge in [-0.3, -0.25) is 19.3 Å². The van der Waals surface area contributed by atoms with Crippen LogP contribution in [0.4, 0.5) is 4.79 Å². The quantitative estimate of drug-likeness (QED) is 0.474. The number of benzene rings is 3. The van der Waals surface area contributed by atoms with Gasteiger partial charge in [0.15, 0.2) is 11.5 Å². The van der Waals surface area contributed by atoms with Crippen molar-refractivity contribution in [3.63, 3.8) is 0 Å². The van der Waals surface area contributed by atoms with Gasteiger partial charge in [0.25, 0.3) is 17.1 Å². The zero-order valence-electron chi connectivity index (χ0n) is 18.9. The van der Waals surface area contributed by atoms with E-state index in [0.29, 0.717) is 28.6 Å². The standard InChI is InChI=1S/C26H24N2O5S/c1-3-33-21-12-11-17(15-22(21)32-2)16-23-25(30)28(26(31)34-23)14-13-27-24(29)20-10-6-8-18-7-4-5-9-19(18)20/h4-12,15-16H,3,13-14H2,1-2H3,(H,27,29)/b23-16-. The van der Waals surface area contributed by atoms with Crippen molar-refractivity contribution in [1.29, 1.82) is 0 Å². The normalized spacial score (nSPS) is 14.6. The highest BCUT2D eigenvalue weighted by molar-refractivity contribution is 8.18. The van der Waals surface area contributed by atoms with Gasteiger partial charge in [-0.05, 0) is 59.3 Å². The predicted octanol–water partition coefficient (Wildman–Crippen LogP) is 4.71. The van der Waals surface area contributed by atoms with Crippen molar-refractivity contribution >= 4 is 45.7 Å². The van der Waals surface area contributed by atoms with Crippen LogP contribution in [0.3, 0.4) is 0 Å². The molecular weight excluding hydrogens is 452 g/mol. The largest absolute Gasteiger partial charge is 0.493 e. The third kappa shape index (κ3) is 4.92. The van der Waals surface area contributed by atoms with Crippen LogP contribution in [-0.2, 0) is 4.79 Å². The summed E-state index contributed by atoms with van der Waals surface area (Å²) in [6.07, 6.45) is 1.65. The maximum absolute atomic E-state index is 12.8. The van der Waals surface area contributed by atoms with E-state index in [1.54, 1.807) is 37.5 Å². The zero-order chi connectivity index (χ0) is 24.1. The molecule has 8 heteroatoms. The Morgan fingerprint density at radius 1 is 1.06 bits per heavy atom. The van der Waals surface area contributed by atoms with Crippen LogP contribution >= 0.6 is 11.8 Å². The first-order valence-electron chi connectivity index (χ1n) is 10.8. The average Bonchev–Trinajstić information content (AvgIpc) is 3.11. The van der Waals surface area contributed by atoms with E-state index in [0.717, 1.165) is 33.0 Å². The number of ether oxygens (including phenoxy) is 2. The molecule has 3 amide bonds. The van der Waals surface area contributed by atoms with Crippen LogP contribution in [0, 0.1) is 0 Å². The van der Waals surface area contributed by atoms with Crippen LogP contribution in [0.5, 0.6) is 11.5 Å². The summed E-state index contributed by atoms with van der Waals surface area (Å²) in [5.41, 5.74) is 1.27. The SMILES string of the molecule is CCOc1ccc(/C=C2\SC(=O)N(CCNC(=O)c3cccc4ccccc34)C2=O)cc1OC. The van der Waals surface area contributed by atoms with Crippen molar-refractivity contribution in [3.05, 3.63) is 76.7 Å². The Morgan fingerprint density at radius 2 is 1.85 bits per heavy atom. The summed E-state index contributed by atoms with van der Waals surface area (Å²) in [6.45, 7) is 2.63. The van der Waals surface area contributed by atoms with Crippen LogP contribution in [0.1, 0.15) is 22.8 Å². The molecule has 0 spiro atoms. The smallest absolute Gasteiger partial charge is 0.293 e. The minimum Gasteiger partial charge on any atom is -0.493 e. The fourth-order valence-corrected chi connectivity index (χ4v) is 4.56. The number of hydrogen-bond acceptors (Lipinski definition) is 6. The van der Waals surface area contributed by atoms with Crippen molar-refractivity contribution in [2.45, 2.75) is 6.92 Å². The molecule has 0 atom stereocenters. The predicted molar refractivity (Wildman–Crippen MR) is 133 cm³/mol. The van der Waals surface area contributed by atoms with Crippen molar-refractivity contribution < 1.29 is 23.9 Å². The molecule has 1 N–H and O–H groups in total. The number of rotatable bonds is 8. The van der Waals surface area contributed by atoms with Crippen LogP contribution in [0.25, 0.3) is 16.8 Å². The number of imide groups is 1. The van der Waals surface area contributed by atoms with Gasteiger partial charge in [0.05, 0.1) is 18.6 Å². The van der Waals surface area contributed by atoms with Crippen molar-refractivity contribution in [3.8, 4) is 11.5 Å². The van der Waals surface area contributed by atoms with E-state index >= 15 is 0 Å². The number of hydrogen-bond donors (Lipinski definition) is 1. The molecule has 3 aromatic carbocycles. The molecule has 1 saturated heterocycles. The van der Waals surface area contributed by atoms with Crippen molar-refractivity contribution in [1.82, 2.24) is 10.2 Å². The molecule has 0 radical (unpaired) electrons. The molecule has 1 fully saturated rings. The van der Waals surface area contributed by atoms with E-state index in [1.165, 1.54) is 0 Å². The lowest BCUT2D eigenvalue weighted by molar-refractivity contribution is -0.122. The fourth-order valence-electron chi connectivity index (χ4n) is 3.69. The Hall–Kier alpha value is -3.78. The third-order valence-corrected chi connectivity index (χ3v) is 6.22. The number of methoxy groups -OCH3 is 1. The highest BCUT2D eigenvalue weighted by atomic mass is 32.2. The summed E-state index contributed by atoms with van der Waals surface area (Å²) in [7, 11) is 1.54. The van der Waals surface area contributed by atoms with E-state index in [2.05, 4.69) is 5.32 Å². The topological polar surface area (TPSA) is 84.9 Å². The third-order valence-electron chi connectivity index (χ3n) is 5.31. The molecule has 1 aliphatic heterocycles. The first-order chi connectivity index (χ1) is 16.5. The van der Waals surface area contributed by atoms with E-state index in [1.807, 2.05) is 43.3 Å². The van der Waals surface area contributed by atoms with Crippen LogP contribution in [-0.4, -0.2) is 48.8 Å². The Kier molecular flexibility index (Phi) is 7.18. The van der Waals surface area contributed by atoms with Gasteiger partial charge in [-0.25, -0.2) is 0 Å². The maximum atomic E-state index is 12.8. The summed E-state index contributed by atoms with van der Waals surface area (Å²) in [6, 6.07) is 18.5. The highest BCUT2D eigenvalue weighted by Crippen LogP contribution is 2.34. The lowest BCUT2D eigenvalue weighted by Crippen LogP contribution is -2.37. The van der Waals surface area contributed by atoms with E-state index < -0.39 is 0 Å². The first kappa shape index (κ1) is 23.4. The number of thioether (sulfide) groups is 1. The van der Waals surface area contributed by atoms with Gasteiger partial charge in [-0.15, -0.1) is 0 Å². The molecule has 0 aliphatic carbocycles. The summed E-state index contributed by atoms with van der Waals surface area (Å²) in [5, 5.41) is 4.26. The highest BCUT2D eigenvalue weighted by Gasteiger charge is 2.34. The maximum Gasteiger partial charge on any atom is 0.293 e. The molecule has 0 saturated carbocycles. The van der Waals surface area contributed by atoms with Crippen molar-refractivity contribution in [2.24, 2.45) is 0 Å².